The van der Waals surface area contributed by atoms with Crippen LogP contribution in [0.3, 0.4) is 0 Å². The molecule has 0 spiro atoms. The Kier molecular flexibility index (Phi) is 3.01. The van der Waals surface area contributed by atoms with E-state index in [0.717, 1.165) is 23.7 Å². The van der Waals surface area contributed by atoms with E-state index in [9.17, 15) is 18.0 Å². The third-order valence-electron chi connectivity index (χ3n) is 2.13. The summed E-state index contributed by atoms with van der Waals surface area (Å²) >= 11 is 1.07. The Labute approximate surface area is 98.3 Å². The Hall–Kier alpha value is -1.63. The van der Waals surface area contributed by atoms with Gasteiger partial charge in [-0.3, -0.25) is 0 Å². The topological polar surface area (TPSA) is 34.9 Å². The minimum absolute atomic E-state index is 0.105. The first kappa shape index (κ1) is 11.8. The normalized spacial score (nSPS) is 11.7. The molecule has 0 aliphatic carbocycles. The maximum atomic E-state index is 12.4. The Balaban J connectivity index is 2.29. The van der Waals surface area contributed by atoms with Crippen molar-refractivity contribution in [2.24, 2.45) is 0 Å². The predicted octanol–water partition coefficient (Wildman–Crippen LogP) is 2.37. The molecular formula is C10H7F3N2OS. The van der Waals surface area contributed by atoms with Gasteiger partial charge >= 0.3 is 11.9 Å². The zero-order valence-electron chi connectivity index (χ0n) is 8.44. The molecule has 0 aliphatic rings. The molecular weight excluding hydrogens is 253 g/mol. The zero-order chi connectivity index (χ0) is 12.5. The van der Waals surface area contributed by atoms with Crippen LogP contribution < -0.4 is 5.69 Å². The van der Waals surface area contributed by atoms with Gasteiger partial charge in [0.2, 0.25) is 0 Å². The summed E-state index contributed by atoms with van der Waals surface area (Å²) in [5.74, 6) is 0. The van der Waals surface area contributed by atoms with Gasteiger partial charge in [0.15, 0.2) is 0 Å². The Morgan fingerprint density at radius 1 is 1.35 bits per heavy atom. The fourth-order valence-corrected chi connectivity index (χ4v) is 1.96. The van der Waals surface area contributed by atoms with Crippen LogP contribution in [-0.2, 0) is 12.7 Å². The molecule has 0 fully saturated rings. The Bertz CT molecular complexity index is 573. The molecule has 0 atom stereocenters. The van der Waals surface area contributed by atoms with E-state index < -0.39 is 17.4 Å². The van der Waals surface area contributed by atoms with Crippen LogP contribution in [0.25, 0.3) is 0 Å². The first-order valence-corrected chi connectivity index (χ1v) is 5.47. The van der Waals surface area contributed by atoms with Gasteiger partial charge in [0.05, 0.1) is 12.1 Å². The molecule has 17 heavy (non-hydrogen) atoms. The molecule has 1 aromatic carbocycles. The largest absolute Gasteiger partial charge is 0.416 e. The molecule has 0 radical (unpaired) electrons. The molecule has 1 heterocycles. The van der Waals surface area contributed by atoms with Gasteiger partial charge in [0.1, 0.15) is 5.51 Å². The lowest BCUT2D eigenvalue weighted by molar-refractivity contribution is -0.137. The summed E-state index contributed by atoms with van der Waals surface area (Å²) in [5, 5.41) is 0. The fourth-order valence-electron chi connectivity index (χ4n) is 1.35. The van der Waals surface area contributed by atoms with Crippen LogP contribution in [0.2, 0.25) is 0 Å². The average molecular weight is 260 g/mol. The van der Waals surface area contributed by atoms with Crippen LogP contribution in [0, 0.1) is 0 Å². The van der Waals surface area contributed by atoms with Crippen LogP contribution in [0.5, 0.6) is 0 Å². The highest BCUT2D eigenvalue weighted by Crippen LogP contribution is 2.29. The SMILES string of the molecule is O=c1ncsn1Cc1cccc(C(F)(F)F)c1. The molecule has 0 bridgehead atoms. The molecule has 2 aromatic rings. The van der Waals surface area contributed by atoms with E-state index in [-0.39, 0.29) is 6.54 Å². The Morgan fingerprint density at radius 2 is 2.12 bits per heavy atom. The number of alkyl halides is 3. The van der Waals surface area contributed by atoms with Crippen molar-refractivity contribution in [3.05, 3.63) is 51.4 Å². The third kappa shape index (κ3) is 2.73. The number of nitrogens with zero attached hydrogens (tertiary/aromatic N) is 2. The summed E-state index contributed by atoms with van der Waals surface area (Å²) in [7, 11) is 0. The summed E-state index contributed by atoms with van der Waals surface area (Å²) in [6.45, 7) is 0.105. The molecule has 0 aliphatic heterocycles. The van der Waals surface area contributed by atoms with Gasteiger partial charge in [-0.25, -0.2) is 8.75 Å². The minimum atomic E-state index is -4.37. The maximum Gasteiger partial charge on any atom is 0.416 e. The molecule has 7 heteroatoms. The van der Waals surface area contributed by atoms with E-state index in [0.29, 0.717) is 5.56 Å². The summed E-state index contributed by atoms with van der Waals surface area (Å²) in [6, 6.07) is 4.90. The van der Waals surface area contributed by atoms with Crippen LogP contribution >= 0.6 is 11.5 Å². The number of hydrogen-bond donors (Lipinski definition) is 0. The van der Waals surface area contributed by atoms with Crippen LogP contribution in [0.1, 0.15) is 11.1 Å². The van der Waals surface area contributed by atoms with Crippen LogP contribution in [0.4, 0.5) is 13.2 Å². The molecule has 0 amide bonds. The number of benzene rings is 1. The fraction of sp³-hybridized carbons (Fsp3) is 0.200. The Morgan fingerprint density at radius 3 is 2.71 bits per heavy atom. The second kappa shape index (κ2) is 4.33. The predicted molar refractivity (Wildman–Crippen MR) is 56.9 cm³/mol. The van der Waals surface area contributed by atoms with E-state index in [1.807, 2.05) is 0 Å². The lowest BCUT2D eigenvalue weighted by Gasteiger charge is -2.08. The molecule has 1 aromatic heterocycles. The van der Waals surface area contributed by atoms with E-state index in [4.69, 9.17) is 0 Å². The van der Waals surface area contributed by atoms with Crippen molar-refractivity contribution < 1.29 is 13.2 Å². The number of halogens is 3. The lowest BCUT2D eigenvalue weighted by Crippen LogP contribution is -2.16. The summed E-state index contributed by atoms with van der Waals surface area (Å²) in [6.07, 6.45) is -4.37. The van der Waals surface area contributed by atoms with Crippen molar-refractivity contribution in [2.75, 3.05) is 0 Å². The summed E-state index contributed by atoms with van der Waals surface area (Å²) < 4.78 is 38.6. The van der Waals surface area contributed by atoms with Crippen molar-refractivity contribution in [2.45, 2.75) is 12.7 Å². The highest BCUT2D eigenvalue weighted by molar-refractivity contribution is 7.03. The highest BCUT2D eigenvalue weighted by Gasteiger charge is 2.30. The highest BCUT2D eigenvalue weighted by atomic mass is 32.1. The lowest BCUT2D eigenvalue weighted by atomic mass is 10.1. The van der Waals surface area contributed by atoms with Gasteiger partial charge < -0.3 is 0 Å². The molecule has 0 N–H and O–H groups in total. The van der Waals surface area contributed by atoms with Gasteiger partial charge in [-0.1, -0.05) is 12.1 Å². The third-order valence-corrected chi connectivity index (χ3v) is 2.87. The van der Waals surface area contributed by atoms with Crippen molar-refractivity contribution in [3.8, 4) is 0 Å². The molecule has 0 saturated carbocycles. The second-order valence-electron chi connectivity index (χ2n) is 3.36. The van der Waals surface area contributed by atoms with Crippen molar-refractivity contribution in [1.29, 1.82) is 0 Å². The smallest absolute Gasteiger partial charge is 0.245 e. The first-order valence-electron chi connectivity index (χ1n) is 4.64. The van der Waals surface area contributed by atoms with E-state index in [1.165, 1.54) is 15.5 Å². The van der Waals surface area contributed by atoms with Gasteiger partial charge in [-0.15, -0.1) is 0 Å². The van der Waals surface area contributed by atoms with Crippen molar-refractivity contribution >= 4 is 11.5 Å². The molecule has 0 saturated heterocycles. The molecule has 0 unspecified atom stereocenters. The number of rotatable bonds is 2. The summed E-state index contributed by atoms with van der Waals surface area (Å²) in [5.41, 5.74) is 0.613. The van der Waals surface area contributed by atoms with Gasteiger partial charge in [0, 0.05) is 0 Å². The molecule has 2 rings (SSSR count). The second-order valence-corrected chi connectivity index (χ2v) is 4.22. The monoisotopic (exact) mass is 260 g/mol. The van der Waals surface area contributed by atoms with E-state index >= 15 is 0 Å². The number of hydrogen-bond acceptors (Lipinski definition) is 3. The van der Waals surface area contributed by atoms with Crippen LogP contribution in [0.15, 0.2) is 34.6 Å². The van der Waals surface area contributed by atoms with Crippen molar-refractivity contribution in [3.63, 3.8) is 0 Å². The van der Waals surface area contributed by atoms with Gasteiger partial charge in [-0.2, -0.15) is 18.2 Å². The quantitative estimate of drug-likeness (QED) is 0.831. The van der Waals surface area contributed by atoms with Crippen LogP contribution in [-0.4, -0.2) is 8.94 Å². The minimum Gasteiger partial charge on any atom is -0.245 e. The first-order chi connectivity index (χ1) is 7.97. The van der Waals surface area contributed by atoms with E-state index in [2.05, 4.69) is 4.98 Å². The molecule has 90 valence electrons. The van der Waals surface area contributed by atoms with Crippen molar-refractivity contribution in [1.82, 2.24) is 8.94 Å². The van der Waals surface area contributed by atoms with E-state index in [1.54, 1.807) is 6.07 Å². The summed E-state index contributed by atoms with van der Waals surface area (Å²) in [4.78, 5) is 14.6. The van der Waals surface area contributed by atoms with Gasteiger partial charge in [-0.05, 0) is 29.2 Å². The zero-order valence-corrected chi connectivity index (χ0v) is 9.26. The molecule has 3 nitrogen and oxygen atoms in total. The average Bonchev–Trinajstić information content (AvgIpc) is 2.64. The maximum absolute atomic E-state index is 12.4. The number of aromatic nitrogens is 2. The standard InChI is InChI=1S/C10H7F3N2OS/c11-10(12,13)8-3-1-2-7(4-8)5-15-9(16)14-6-17-15/h1-4,6H,5H2. The van der Waals surface area contributed by atoms with Gasteiger partial charge in [0.25, 0.3) is 0 Å².